The Kier molecular flexibility index (Phi) is 56.3. The van der Waals surface area contributed by atoms with Gasteiger partial charge < -0.3 is 14.2 Å². The van der Waals surface area contributed by atoms with Crippen molar-refractivity contribution in [2.45, 2.75) is 297 Å². The fourth-order valence-electron chi connectivity index (χ4n) is 8.45. The average molecular weight is 990 g/mol. The number of rotatable bonds is 54. The van der Waals surface area contributed by atoms with E-state index in [0.29, 0.717) is 19.3 Å². The summed E-state index contributed by atoms with van der Waals surface area (Å²) in [5, 5.41) is 0. The molecule has 0 aliphatic heterocycles. The van der Waals surface area contributed by atoms with Crippen molar-refractivity contribution in [3.8, 4) is 0 Å². The highest BCUT2D eigenvalue weighted by Crippen LogP contribution is 2.17. The van der Waals surface area contributed by atoms with Crippen molar-refractivity contribution in [1.82, 2.24) is 0 Å². The maximum atomic E-state index is 12.8. The van der Waals surface area contributed by atoms with Crippen LogP contribution < -0.4 is 0 Å². The Morgan fingerprint density at radius 2 is 0.549 bits per heavy atom. The smallest absolute Gasteiger partial charge is 0.306 e. The van der Waals surface area contributed by atoms with Crippen molar-refractivity contribution < 1.29 is 28.6 Å². The van der Waals surface area contributed by atoms with Crippen molar-refractivity contribution in [3.05, 3.63) is 85.1 Å². The van der Waals surface area contributed by atoms with Crippen LogP contribution in [0.1, 0.15) is 290 Å². The summed E-state index contributed by atoms with van der Waals surface area (Å²) in [4.78, 5) is 37.9. The molecule has 0 saturated carbocycles. The molecule has 408 valence electrons. The second kappa shape index (κ2) is 59.2. The summed E-state index contributed by atoms with van der Waals surface area (Å²) in [6.45, 7) is 6.36. The third-order valence-electron chi connectivity index (χ3n) is 12.9. The van der Waals surface area contributed by atoms with Gasteiger partial charge in [-0.15, -0.1) is 0 Å². The van der Waals surface area contributed by atoms with Gasteiger partial charge in [-0.1, -0.05) is 266 Å². The Morgan fingerprint density at radius 1 is 0.296 bits per heavy atom. The van der Waals surface area contributed by atoms with Crippen LogP contribution >= 0.6 is 0 Å². The molecule has 71 heavy (non-hydrogen) atoms. The first-order chi connectivity index (χ1) is 35.0. The van der Waals surface area contributed by atoms with Crippen molar-refractivity contribution in [2.75, 3.05) is 13.2 Å². The Balaban J connectivity index is 3.98. The summed E-state index contributed by atoms with van der Waals surface area (Å²) in [6.07, 6.45) is 77.8. The molecule has 0 heterocycles. The molecule has 1 unspecified atom stereocenters. The number of carbonyl (C=O) groups excluding carboxylic acids is 3. The number of esters is 3. The van der Waals surface area contributed by atoms with E-state index in [1.807, 2.05) is 0 Å². The van der Waals surface area contributed by atoms with Gasteiger partial charge in [0.2, 0.25) is 0 Å². The number of hydrogen-bond donors (Lipinski definition) is 0. The number of carbonyl (C=O) groups is 3. The van der Waals surface area contributed by atoms with Crippen LogP contribution in [-0.2, 0) is 28.6 Å². The van der Waals surface area contributed by atoms with Gasteiger partial charge in [-0.2, -0.15) is 0 Å². The van der Waals surface area contributed by atoms with E-state index in [4.69, 9.17) is 14.2 Å². The van der Waals surface area contributed by atoms with Crippen LogP contribution in [0, 0.1) is 0 Å². The summed E-state index contributed by atoms with van der Waals surface area (Å²) in [5.41, 5.74) is 0. The van der Waals surface area contributed by atoms with Crippen LogP contribution in [0.15, 0.2) is 85.1 Å². The molecule has 0 N–H and O–H groups in total. The van der Waals surface area contributed by atoms with Gasteiger partial charge in [0.1, 0.15) is 13.2 Å². The molecule has 6 heteroatoms. The lowest BCUT2D eigenvalue weighted by Crippen LogP contribution is -2.30. The minimum Gasteiger partial charge on any atom is -0.462 e. The highest BCUT2D eigenvalue weighted by Gasteiger charge is 2.19. The van der Waals surface area contributed by atoms with E-state index in [9.17, 15) is 14.4 Å². The van der Waals surface area contributed by atoms with Crippen LogP contribution in [0.2, 0.25) is 0 Å². The fourth-order valence-corrected chi connectivity index (χ4v) is 8.45. The number of unbranched alkanes of at least 4 members (excludes halogenated alkanes) is 29. The number of hydrogen-bond acceptors (Lipinski definition) is 6. The van der Waals surface area contributed by atoms with Gasteiger partial charge in [0.25, 0.3) is 0 Å². The van der Waals surface area contributed by atoms with E-state index in [1.54, 1.807) is 0 Å². The summed E-state index contributed by atoms with van der Waals surface area (Å²) in [5.74, 6) is -0.914. The summed E-state index contributed by atoms with van der Waals surface area (Å²) >= 11 is 0. The molecule has 0 aliphatic rings. The molecule has 0 aliphatic carbocycles. The van der Waals surface area contributed by atoms with Crippen molar-refractivity contribution in [3.63, 3.8) is 0 Å². The zero-order valence-electron chi connectivity index (χ0n) is 46.7. The highest BCUT2D eigenvalue weighted by molar-refractivity contribution is 5.71. The molecule has 0 bridgehead atoms. The van der Waals surface area contributed by atoms with Crippen molar-refractivity contribution in [1.29, 1.82) is 0 Å². The summed E-state index contributed by atoms with van der Waals surface area (Å²) in [6, 6.07) is 0. The number of ether oxygens (including phenoxy) is 3. The van der Waals surface area contributed by atoms with E-state index in [2.05, 4.69) is 106 Å². The van der Waals surface area contributed by atoms with E-state index in [-0.39, 0.29) is 31.1 Å². The molecule has 0 fully saturated rings. The van der Waals surface area contributed by atoms with Gasteiger partial charge in [0, 0.05) is 19.3 Å². The van der Waals surface area contributed by atoms with Gasteiger partial charge in [0.05, 0.1) is 0 Å². The van der Waals surface area contributed by atoms with Crippen LogP contribution in [0.25, 0.3) is 0 Å². The first-order valence-electron chi connectivity index (χ1n) is 30.1. The molecular formula is C65H112O6. The molecule has 0 aromatic carbocycles. The van der Waals surface area contributed by atoms with Crippen LogP contribution in [0.3, 0.4) is 0 Å². The SMILES string of the molecule is CC/C=C\C/C=C\C/C=C\C/C=C\CCCCCCCCCCCCCCCCCCCCCCC(=O)OCC(COC(=O)CCCCCCCCC)OC(=O)CCCCC/C=C\C/C=C\C/C=C\CC. The minimum absolute atomic E-state index is 0.0846. The van der Waals surface area contributed by atoms with E-state index in [0.717, 1.165) is 109 Å². The predicted octanol–water partition coefficient (Wildman–Crippen LogP) is 20.3. The predicted molar refractivity (Wildman–Crippen MR) is 307 cm³/mol. The Hall–Kier alpha value is -3.41. The molecule has 0 amide bonds. The van der Waals surface area contributed by atoms with Gasteiger partial charge in [0.15, 0.2) is 6.10 Å². The average Bonchev–Trinajstić information content (AvgIpc) is 3.37. The van der Waals surface area contributed by atoms with Gasteiger partial charge in [-0.3, -0.25) is 14.4 Å². The molecule has 1 atom stereocenters. The third kappa shape index (κ3) is 57.4. The summed E-state index contributed by atoms with van der Waals surface area (Å²) < 4.78 is 16.7. The molecule has 0 aromatic heterocycles. The van der Waals surface area contributed by atoms with Crippen LogP contribution in [0.4, 0.5) is 0 Å². The van der Waals surface area contributed by atoms with E-state index < -0.39 is 6.10 Å². The normalized spacial score (nSPS) is 12.7. The molecule has 0 spiro atoms. The van der Waals surface area contributed by atoms with Gasteiger partial charge >= 0.3 is 17.9 Å². The maximum Gasteiger partial charge on any atom is 0.306 e. The maximum absolute atomic E-state index is 12.8. The second-order valence-electron chi connectivity index (χ2n) is 19.9. The molecule has 0 aromatic rings. The largest absolute Gasteiger partial charge is 0.462 e. The first-order valence-corrected chi connectivity index (χ1v) is 30.1. The first kappa shape index (κ1) is 67.6. The molecule has 0 rings (SSSR count). The van der Waals surface area contributed by atoms with E-state index >= 15 is 0 Å². The van der Waals surface area contributed by atoms with Gasteiger partial charge in [-0.05, 0) is 89.9 Å². The lowest BCUT2D eigenvalue weighted by Gasteiger charge is -2.18. The lowest BCUT2D eigenvalue weighted by molar-refractivity contribution is -0.167. The monoisotopic (exact) mass is 989 g/mol. The summed E-state index contributed by atoms with van der Waals surface area (Å²) in [7, 11) is 0. The third-order valence-corrected chi connectivity index (χ3v) is 12.9. The topological polar surface area (TPSA) is 78.9 Å². The minimum atomic E-state index is -0.786. The molecule has 6 nitrogen and oxygen atoms in total. The van der Waals surface area contributed by atoms with Crippen molar-refractivity contribution >= 4 is 17.9 Å². The lowest BCUT2D eigenvalue weighted by atomic mass is 10.0. The second-order valence-corrected chi connectivity index (χ2v) is 19.9. The standard InChI is InChI=1S/C65H112O6/c1-4-7-10-13-16-18-20-22-23-24-25-26-27-28-29-30-31-32-33-34-35-36-37-38-39-40-41-43-44-46-49-52-55-58-64(67)70-61-62(60-69-63(66)57-54-51-48-15-12-9-6-3)71-65(68)59-56-53-50-47-45-42-21-19-17-14-11-8-5-2/h7-8,10-11,16-19,22-23,25-26,42,45,62H,4-6,9,12-15,20-21,24,27-41,43-44,46-61H2,1-3H3/b10-7-,11-8-,18-16-,19-17-,23-22-,26-25-,45-42-. The zero-order chi connectivity index (χ0) is 51.4. The van der Waals surface area contributed by atoms with Crippen molar-refractivity contribution in [2.24, 2.45) is 0 Å². The molecule has 0 radical (unpaired) electrons. The molecular weight excluding hydrogens is 877 g/mol. The van der Waals surface area contributed by atoms with Crippen LogP contribution in [-0.4, -0.2) is 37.2 Å². The van der Waals surface area contributed by atoms with Crippen LogP contribution in [0.5, 0.6) is 0 Å². The number of allylic oxidation sites excluding steroid dienone is 14. The highest BCUT2D eigenvalue weighted by atomic mass is 16.6. The zero-order valence-corrected chi connectivity index (χ0v) is 46.7. The molecule has 0 saturated heterocycles. The van der Waals surface area contributed by atoms with Gasteiger partial charge in [-0.25, -0.2) is 0 Å². The Bertz CT molecular complexity index is 1370. The fraction of sp³-hybridized carbons (Fsp3) is 0.738. The van der Waals surface area contributed by atoms with E-state index in [1.165, 1.54) is 141 Å². The Labute approximate surface area is 439 Å². The quantitative estimate of drug-likeness (QED) is 0.0261. The Morgan fingerprint density at radius 3 is 0.873 bits per heavy atom.